The van der Waals surface area contributed by atoms with Crippen LogP contribution in [-0.4, -0.2) is 18.3 Å². The van der Waals surface area contributed by atoms with Crippen molar-refractivity contribution in [1.82, 2.24) is 0 Å². The standard InChI is InChI=1S/C18H23IO2/c1-12(2)18(13-8-6-5-7-9-13)16(19)15-14(21-18)10-11-20-17(15,3)4/h5-9,12,14H,10-11H2,1-4H3/t14-,18+/m0/s1. The Hall–Kier alpha value is -0.390. The normalized spacial score (nSPS) is 31.6. The lowest BCUT2D eigenvalue weighted by Gasteiger charge is -2.36. The number of rotatable bonds is 2. The Kier molecular flexibility index (Phi) is 3.95. The van der Waals surface area contributed by atoms with Crippen LogP contribution in [0.25, 0.3) is 0 Å². The van der Waals surface area contributed by atoms with Crippen molar-refractivity contribution in [3.63, 3.8) is 0 Å². The van der Waals surface area contributed by atoms with Gasteiger partial charge in [-0.05, 0) is 47.9 Å². The van der Waals surface area contributed by atoms with Crippen LogP contribution in [0, 0.1) is 5.92 Å². The molecule has 0 bridgehead atoms. The molecule has 0 radical (unpaired) electrons. The van der Waals surface area contributed by atoms with Crippen molar-refractivity contribution in [1.29, 1.82) is 0 Å². The van der Waals surface area contributed by atoms with E-state index in [2.05, 4.69) is 80.6 Å². The second-order valence-electron chi connectivity index (χ2n) is 6.74. The van der Waals surface area contributed by atoms with E-state index in [-0.39, 0.29) is 17.3 Å². The van der Waals surface area contributed by atoms with Gasteiger partial charge in [-0.1, -0.05) is 44.2 Å². The van der Waals surface area contributed by atoms with E-state index in [1.807, 2.05) is 0 Å². The van der Waals surface area contributed by atoms with Gasteiger partial charge in [-0.25, -0.2) is 0 Å². The van der Waals surface area contributed by atoms with Crippen molar-refractivity contribution in [3.8, 4) is 0 Å². The summed E-state index contributed by atoms with van der Waals surface area (Å²) in [5, 5.41) is 0. The molecule has 1 fully saturated rings. The first-order valence-electron chi connectivity index (χ1n) is 7.67. The van der Waals surface area contributed by atoms with Gasteiger partial charge < -0.3 is 9.47 Å². The maximum absolute atomic E-state index is 6.69. The van der Waals surface area contributed by atoms with Crippen LogP contribution in [0.2, 0.25) is 0 Å². The highest BCUT2D eigenvalue weighted by molar-refractivity contribution is 14.1. The molecule has 3 rings (SSSR count). The average molecular weight is 398 g/mol. The monoisotopic (exact) mass is 398 g/mol. The van der Waals surface area contributed by atoms with Gasteiger partial charge in [-0.15, -0.1) is 0 Å². The third-order valence-corrected chi connectivity index (χ3v) is 6.10. The van der Waals surface area contributed by atoms with Crippen molar-refractivity contribution < 1.29 is 9.47 Å². The van der Waals surface area contributed by atoms with Gasteiger partial charge >= 0.3 is 0 Å². The molecular formula is C18H23IO2. The summed E-state index contributed by atoms with van der Waals surface area (Å²) in [7, 11) is 0. The minimum atomic E-state index is -0.327. The van der Waals surface area contributed by atoms with Crippen molar-refractivity contribution in [2.75, 3.05) is 6.61 Å². The van der Waals surface area contributed by atoms with Gasteiger partial charge in [0, 0.05) is 15.6 Å². The van der Waals surface area contributed by atoms with Crippen LogP contribution < -0.4 is 0 Å². The fourth-order valence-electron chi connectivity index (χ4n) is 3.63. The number of ether oxygens (including phenoxy) is 2. The predicted octanol–water partition coefficient (Wildman–Crippen LogP) is 4.82. The van der Waals surface area contributed by atoms with Crippen molar-refractivity contribution in [3.05, 3.63) is 45.0 Å². The molecule has 0 N–H and O–H groups in total. The fourth-order valence-corrected chi connectivity index (χ4v) is 5.69. The van der Waals surface area contributed by atoms with Crippen LogP contribution in [-0.2, 0) is 15.1 Å². The molecule has 2 heterocycles. The van der Waals surface area contributed by atoms with Crippen LogP contribution in [0.4, 0.5) is 0 Å². The van der Waals surface area contributed by atoms with Gasteiger partial charge in [0.15, 0.2) is 0 Å². The van der Waals surface area contributed by atoms with Crippen LogP contribution in [0.15, 0.2) is 39.5 Å². The number of fused-ring (bicyclic) bond motifs is 1. The summed E-state index contributed by atoms with van der Waals surface area (Å²) in [5.74, 6) is 0.376. The molecule has 0 spiro atoms. The first-order chi connectivity index (χ1) is 9.89. The SMILES string of the molecule is CC(C)[C@]1(c2ccccc2)O[C@H]2CCOC(C)(C)C2=C1I. The Balaban J connectivity index is 2.18. The minimum absolute atomic E-state index is 0.184. The summed E-state index contributed by atoms with van der Waals surface area (Å²) in [6.45, 7) is 9.60. The molecule has 114 valence electrons. The summed E-state index contributed by atoms with van der Waals surface area (Å²) in [4.78, 5) is 0. The Labute approximate surface area is 141 Å². The third-order valence-electron chi connectivity index (χ3n) is 4.72. The number of halogens is 1. The molecule has 2 nitrogen and oxygen atoms in total. The smallest absolute Gasteiger partial charge is 0.127 e. The third kappa shape index (κ3) is 2.28. The molecule has 21 heavy (non-hydrogen) atoms. The molecule has 0 aromatic heterocycles. The van der Waals surface area contributed by atoms with E-state index in [1.54, 1.807) is 0 Å². The van der Waals surface area contributed by atoms with Crippen LogP contribution in [0.3, 0.4) is 0 Å². The van der Waals surface area contributed by atoms with Crippen LogP contribution >= 0.6 is 22.6 Å². The predicted molar refractivity (Wildman–Crippen MR) is 93.5 cm³/mol. The lowest BCUT2D eigenvalue weighted by molar-refractivity contribution is -0.106. The summed E-state index contributed by atoms with van der Waals surface area (Å²) < 4.78 is 14.0. The molecule has 3 heteroatoms. The molecule has 0 aliphatic carbocycles. The summed E-state index contributed by atoms with van der Waals surface area (Å²) in [5.41, 5.74) is 2.03. The maximum atomic E-state index is 6.69. The molecule has 2 aliphatic rings. The first-order valence-corrected chi connectivity index (χ1v) is 8.75. The van der Waals surface area contributed by atoms with E-state index < -0.39 is 0 Å². The average Bonchev–Trinajstić information content (AvgIpc) is 2.75. The lowest BCUT2D eigenvalue weighted by atomic mass is 9.80. The molecule has 2 atom stereocenters. The molecule has 1 saturated heterocycles. The molecule has 0 saturated carbocycles. The molecule has 2 aliphatic heterocycles. The highest BCUT2D eigenvalue weighted by atomic mass is 127. The number of hydrogen-bond acceptors (Lipinski definition) is 2. The van der Waals surface area contributed by atoms with Crippen molar-refractivity contribution in [2.45, 2.75) is 51.4 Å². The molecule has 1 aromatic carbocycles. The Morgan fingerprint density at radius 3 is 2.43 bits per heavy atom. The molecule has 0 amide bonds. The van der Waals surface area contributed by atoms with Gasteiger partial charge in [0.1, 0.15) is 5.60 Å². The van der Waals surface area contributed by atoms with Crippen LogP contribution in [0.1, 0.15) is 39.7 Å². The van der Waals surface area contributed by atoms with E-state index in [4.69, 9.17) is 9.47 Å². The van der Waals surface area contributed by atoms with Gasteiger partial charge in [0.2, 0.25) is 0 Å². The van der Waals surface area contributed by atoms with Gasteiger partial charge in [0.25, 0.3) is 0 Å². The quantitative estimate of drug-likeness (QED) is 0.665. The van der Waals surface area contributed by atoms with E-state index in [0.717, 1.165) is 13.0 Å². The number of benzene rings is 1. The highest BCUT2D eigenvalue weighted by Crippen LogP contribution is 2.55. The fraction of sp³-hybridized carbons (Fsp3) is 0.556. The zero-order valence-electron chi connectivity index (χ0n) is 13.2. The van der Waals surface area contributed by atoms with Crippen LogP contribution in [0.5, 0.6) is 0 Å². The van der Waals surface area contributed by atoms with E-state index >= 15 is 0 Å². The molecule has 1 aromatic rings. The zero-order valence-corrected chi connectivity index (χ0v) is 15.3. The zero-order chi connectivity index (χ0) is 15.3. The largest absolute Gasteiger partial charge is 0.371 e. The van der Waals surface area contributed by atoms with Crippen molar-refractivity contribution in [2.24, 2.45) is 5.92 Å². The molecule has 0 unspecified atom stereocenters. The highest BCUT2D eigenvalue weighted by Gasteiger charge is 2.54. The Bertz CT molecular complexity index is 562. The van der Waals surface area contributed by atoms with Gasteiger partial charge in [-0.3, -0.25) is 0 Å². The minimum Gasteiger partial charge on any atom is -0.371 e. The Morgan fingerprint density at radius 1 is 1.19 bits per heavy atom. The first kappa shape index (κ1) is 15.5. The summed E-state index contributed by atoms with van der Waals surface area (Å²) >= 11 is 2.50. The van der Waals surface area contributed by atoms with E-state index in [1.165, 1.54) is 14.7 Å². The lowest BCUT2D eigenvalue weighted by Crippen LogP contribution is -2.39. The van der Waals surface area contributed by atoms with Crippen molar-refractivity contribution >= 4 is 22.6 Å². The van der Waals surface area contributed by atoms with E-state index in [9.17, 15) is 0 Å². The number of hydrogen-bond donors (Lipinski definition) is 0. The maximum Gasteiger partial charge on any atom is 0.127 e. The van der Waals surface area contributed by atoms with E-state index in [0.29, 0.717) is 5.92 Å². The summed E-state index contributed by atoms with van der Waals surface area (Å²) in [6, 6.07) is 10.6. The van der Waals surface area contributed by atoms with Gasteiger partial charge in [0.05, 0.1) is 18.3 Å². The molecular weight excluding hydrogens is 375 g/mol. The second kappa shape index (κ2) is 5.36. The Morgan fingerprint density at radius 2 is 1.86 bits per heavy atom. The summed E-state index contributed by atoms with van der Waals surface area (Å²) in [6.07, 6.45) is 1.13. The topological polar surface area (TPSA) is 18.5 Å². The second-order valence-corrected chi connectivity index (χ2v) is 7.82. The van der Waals surface area contributed by atoms with Gasteiger partial charge in [-0.2, -0.15) is 0 Å².